The van der Waals surface area contributed by atoms with Gasteiger partial charge >= 0.3 is 5.97 Å². The van der Waals surface area contributed by atoms with Crippen molar-refractivity contribution >= 4 is 17.0 Å². The van der Waals surface area contributed by atoms with E-state index in [9.17, 15) is 9.00 Å². The van der Waals surface area contributed by atoms with E-state index < -0.39 is 11.0 Å². The van der Waals surface area contributed by atoms with Crippen LogP contribution in [0.2, 0.25) is 0 Å². The van der Waals surface area contributed by atoms with Crippen LogP contribution in [0.5, 0.6) is 0 Å². The molecule has 0 bridgehead atoms. The van der Waals surface area contributed by atoms with E-state index in [1.54, 1.807) is 0 Å². The Hall–Kier alpha value is -1.20. The number of rotatable bonds is 4. The largest absolute Gasteiger partial charge is 0.469 e. The van der Waals surface area contributed by atoms with Crippen molar-refractivity contribution in [1.29, 1.82) is 0 Å². The van der Waals surface area contributed by atoms with Gasteiger partial charge in [-0.05, 0) is 38.7 Å². The number of carbonyl (C=O) groups is 1. The molecule has 1 aliphatic rings. The van der Waals surface area contributed by atoms with Gasteiger partial charge in [-0.2, -0.15) is 0 Å². The van der Waals surface area contributed by atoms with Gasteiger partial charge in [0.15, 0.2) is 0 Å². The van der Waals surface area contributed by atoms with Crippen LogP contribution in [-0.2, 0) is 20.5 Å². The van der Waals surface area contributed by atoms with Crippen molar-refractivity contribution in [3.05, 3.63) is 35.9 Å². The van der Waals surface area contributed by atoms with E-state index in [4.69, 9.17) is 4.74 Å². The number of hydrogen-bond acceptors (Lipinski definition) is 3. The number of ether oxygens (including phenoxy) is 1. The first kappa shape index (κ1) is 17.2. The van der Waals surface area contributed by atoms with Crippen molar-refractivity contribution in [2.45, 2.75) is 44.4 Å². The van der Waals surface area contributed by atoms with Gasteiger partial charge in [0.25, 0.3) is 0 Å². The molecule has 22 heavy (non-hydrogen) atoms. The smallest absolute Gasteiger partial charge is 0.305 e. The third-order valence-electron chi connectivity index (χ3n) is 3.95. The van der Waals surface area contributed by atoms with Crippen molar-refractivity contribution in [3.8, 4) is 0 Å². The Morgan fingerprint density at radius 1 is 1.32 bits per heavy atom. The van der Waals surface area contributed by atoms with Gasteiger partial charge in [0.05, 0.1) is 11.9 Å². The normalized spacial score (nSPS) is 24.2. The minimum Gasteiger partial charge on any atom is -0.469 e. The number of benzene rings is 1. The van der Waals surface area contributed by atoms with Crippen molar-refractivity contribution < 1.29 is 13.7 Å². The summed E-state index contributed by atoms with van der Waals surface area (Å²) in [5.74, 6) is -0.0100. The van der Waals surface area contributed by atoms with E-state index in [-0.39, 0.29) is 22.7 Å². The Kier molecular flexibility index (Phi) is 5.40. The van der Waals surface area contributed by atoms with E-state index in [2.05, 4.69) is 12.1 Å². The van der Waals surface area contributed by atoms with Gasteiger partial charge < -0.3 is 4.74 Å². The molecule has 1 heterocycles. The van der Waals surface area contributed by atoms with Gasteiger partial charge in [-0.25, -0.2) is 8.51 Å². The predicted molar refractivity (Wildman–Crippen MR) is 88.5 cm³/mol. The summed E-state index contributed by atoms with van der Waals surface area (Å²) >= 11 is 0. The third kappa shape index (κ3) is 3.96. The lowest BCUT2D eigenvalue weighted by atomic mass is 9.98. The summed E-state index contributed by atoms with van der Waals surface area (Å²) in [5, 5.41) is 0. The topological polar surface area (TPSA) is 46.6 Å². The zero-order valence-corrected chi connectivity index (χ0v) is 14.6. The Morgan fingerprint density at radius 3 is 2.50 bits per heavy atom. The molecule has 122 valence electrons. The molecule has 1 unspecified atom stereocenters. The standard InChI is InChI=1S/C17H25NO3S/c1-17(2,3)22(20)18-12-13(11-16(19)21-4)10-15(18)14-8-6-5-7-9-14/h5-9,13,15H,10-12H2,1-4H3/t13-,15+,22?/m0/s1. The van der Waals surface area contributed by atoms with Crippen LogP contribution in [0.1, 0.15) is 45.2 Å². The van der Waals surface area contributed by atoms with Crippen molar-refractivity contribution in [2.75, 3.05) is 13.7 Å². The molecule has 0 N–H and O–H groups in total. The van der Waals surface area contributed by atoms with Gasteiger partial charge in [-0.3, -0.25) is 4.79 Å². The van der Waals surface area contributed by atoms with Gasteiger partial charge in [0, 0.05) is 19.0 Å². The lowest BCUT2D eigenvalue weighted by Crippen LogP contribution is -2.37. The molecule has 1 aliphatic heterocycles. The van der Waals surface area contributed by atoms with Gasteiger partial charge in [0.1, 0.15) is 11.0 Å². The summed E-state index contributed by atoms with van der Waals surface area (Å²) in [6, 6.07) is 10.2. The molecule has 1 saturated heterocycles. The number of carbonyl (C=O) groups excluding carboxylic acids is 1. The highest BCUT2D eigenvalue weighted by Gasteiger charge is 2.40. The second-order valence-electron chi connectivity index (χ2n) is 6.77. The Labute approximate surface area is 135 Å². The Morgan fingerprint density at radius 2 is 1.95 bits per heavy atom. The lowest BCUT2D eigenvalue weighted by Gasteiger charge is -2.30. The molecule has 4 nitrogen and oxygen atoms in total. The van der Waals surface area contributed by atoms with Gasteiger partial charge in [0.2, 0.25) is 0 Å². The van der Waals surface area contributed by atoms with E-state index in [1.165, 1.54) is 7.11 Å². The van der Waals surface area contributed by atoms with Crippen LogP contribution in [0.25, 0.3) is 0 Å². The fourth-order valence-electron chi connectivity index (χ4n) is 2.87. The highest BCUT2D eigenvalue weighted by Crippen LogP contribution is 2.40. The average Bonchev–Trinajstić information content (AvgIpc) is 2.89. The molecular weight excluding hydrogens is 298 g/mol. The monoisotopic (exact) mass is 323 g/mol. The molecule has 5 heteroatoms. The van der Waals surface area contributed by atoms with Crippen LogP contribution in [0.3, 0.4) is 0 Å². The van der Waals surface area contributed by atoms with Crippen LogP contribution in [0.4, 0.5) is 0 Å². The first-order chi connectivity index (χ1) is 10.3. The first-order valence-electron chi connectivity index (χ1n) is 7.63. The minimum absolute atomic E-state index is 0.0934. The molecule has 0 spiro atoms. The predicted octanol–water partition coefficient (Wildman–Crippen LogP) is 3.07. The molecule has 0 amide bonds. The number of nitrogens with zero attached hydrogens (tertiary/aromatic N) is 1. The molecule has 0 aliphatic carbocycles. The molecule has 0 radical (unpaired) electrons. The molecule has 1 aromatic rings. The average molecular weight is 323 g/mol. The maximum absolute atomic E-state index is 12.9. The second-order valence-corrected chi connectivity index (χ2v) is 8.96. The van der Waals surface area contributed by atoms with E-state index in [0.29, 0.717) is 13.0 Å². The van der Waals surface area contributed by atoms with Crippen LogP contribution < -0.4 is 0 Å². The summed E-state index contributed by atoms with van der Waals surface area (Å²) in [4.78, 5) is 11.6. The molecule has 2 rings (SSSR count). The first-order valence-corrected chi connectivity index (χ1v) is 8.74. The molecular formula is C17H25NO3S. The molecule has 3 atom stereocenters. The van der Waals surface area contributed by atoms with Crippen LogP contribution in [0, 0.1) is 5.92 Å². The number of hydrogen-bond donors (Lipinski definition) is 0. The Bertz CT molecular complexity index is 539. The van der Waals surface area contributed by atoms with E-state index in [1.807, 2.05) is 43.3 Å². The van der Waals surface area contributed by atoms with Crippen LogP contribution >= 0.6 is 0 Å². The maximum atomic E-state index is 12.9. The summed E-state index contributed by atoms with van der Waals surface area (Å²) < 4.78 is 19.4. The van der Waals surface area contributed by atoms with Crippen LogP contribution in [0.15, 0.2) is 30.3 Å². The van der Waals surface area contributed by atoms with Gasteiger partial charge in [-0.15, -0.1) is 0 Å². The number of esters is 1. The highest BCUT2D eigenvalue weighted by molar-refractivity contribution is 7.84. The summed E-state index contributed by atoms with van der Waals surface area (Å²) in [7, 11) is 0.314. The number of methoxy groups -OCH3 is 1. The van der Waals surface area contributed by atoms with Crippen molar-refractivity contribution in [2.24, 2.45) is 5.92 Å². The quantitative estimate of drug-likeness (QED) is 0.800. The zero-order valence-electron chi connectivity index (χ0n) is 13.7. The Balaban J connectivity index is 2.23. The molecule has 1 fully saturated rings. The van der Waals surface area contributed by atoms with Gasteiger partial charge in [-0.1, -0.05) is 30.3 Å². The molecule has 1 aromatic carbocycles. The SMILES string of the molecule is COC(=O)C[C@@H]1C[C@H](c2ccccc2)N(S(=O)C(C)(C)C)C1. The fraction of sp³-hybridized carbons (Fsp3) is 0.588. The maximum Gasteiger partial charge on any atom is 0.305 e. The highest BCUT2D eigenvalue weighted by atomic mass is 32.2. The van der Waals surface area contributed by atoms with E-state index >= 15 is 0 Å². The molecule has 0 aromatic heterocycles. The fourth-order valence-corrected chi connectivity index (χ4v) is 4.36. The summed E-state index contributed by atoms with van der Waals surface area (Å²) in [6.07, 6.45) is 1.22. The van der Waals surface area contributed by atoms with Crippen molar-refractivity contribution in [1.82, 2.24) is 4.31 Å². The summed E-state index contributed by atoms with van der Waals surface area (Å²) in [5.41, 5.74) is 1.16. The second kappa shape index (κ2) is 6.92. The molecule has 0 saturated carbocycles. The van der Waals surface area contributed by atoms with Crippen molar-refractivity contribution in [3.63, 3.8) is 0 Å². The third-order valence-corrected chi connectivity index (χ3v) is 5.82. The lowest BCUT2D eigenvalue weighted by molar-refractivity contribution is -0.141. The minimum atomic E-state index is -1.10. The van der Waals surface area contributed by atoms with E-state index in [0.717, 1.165) is 12.0 Å². The zero-order chi connectivity index (χ0) is 16.3. The van der Waals surface area contributed by atoms with Crippen LogP contribution in [-0.4, -0.2) is 32.9 Å². The summed E-state index contributed by atoms with van der Waals surface area (Å²) in [6.45, 7) is 6.62.